The Morgan fingerprint density at radius 3 is 2.64 bits per heavy atom. The van der Waals surface area contributed by atoms with Crippen molar-refractivity contribution in [2.75, 3.05) is 13.2 Å². The largest absolute Gasteiger partial charge is 0.484 e. The Morgan fingerprint density at radius 2 is 1.86 bits per heavy atom. The molecule has 2 aliphatic rings. The molecule has 1 N–H and O–H groups in total. The van der Waals surface area contributed by atoms with Crippen molar-refractivity contribution in [1.82, 2.24) is 4.90 Å². The van der Waals surface area contributed by atoms with Gasteiger partial charge in [0.2, 0.25) is 0 Å². The van der Waals surface area contributed by atoms with Crippen molar-refractivity contribution >= 4 is 5.91 Å². The molecule has 3 rings (SSSR count). The summed E-state index contributed by atoms with van der Waals surface area (Å²) >= 11 is 0. The van der Waals surface area contributed by atoms with E-state index in [1.165, 1.54) is 25.7 Å². The molecule has 2 fully saturated rings. The van der Waals surface area contributed by atoms with Crippen LogP contribution < -0.4 is 4.74 Å². The van der Waals surface area contributed by atoms with Crippen molar-refractivity contribution in [1.29, 1.82) is 0 Å². The van der Waals surface area contributed by atoms with Crippen LogP contribution in [-0.4, -0.2) is 35.1 Å². The molecule has 2 atom stereocenters. The third kappa shape index (κ3) is 3.43. The SMILES string of the molecule is O=C(COc1ccc(CO)cc1)N1CCCC2CCCCC21. The lowest BCUT2D eigenvalue weighted by Crippen LogP contribution is -2.51. The first-order valence-electron chi connectivity index (χ1n) is 8.40. The zero-order valence-corrected chi connectivity index (χ0v) is 13.0. The van der Waals surface area contributed by atoms with E-state index in [2.05, 4.69) is 4.90 Å². The molecule has 4 nitrogen and oxygen atoms in total. The molecule has 1 aromatic carbocycles. The maximum atomic E-state index is 12.5. The number of aliphatic hydroxyl groups is 1. The minimum atomic E-state index is 0.0239. The molecule has 1 amide bonds. The monoisotopic (exact) mass is 303 g/mol. The lowest BCUT2D eigenvalue weighted by Gasteiger charge is -2.44. The average Bonchev–Trinajstić information content (AvgIpc) is 2.59. The highest BCUT2D eigenvalue weighted by Crippen LogP contribution is 2.35. The highest BCUT2D eigenvalue weighted by Gasteiger charge is 2.35. The van der Waals surface area contributed by atoms with E-state index < -0.39 is 0 Å². The number of nitrogens with zero attached hydrogens (tertiary/aromatic N) is 1. The van der Waals surface area contributed by atoms with Crippen LogP contribution in [-0.2, 0) is 11.4 Å². The van der Waals surface area contributed by atoms with Gasteiger partial charge < -0.3 is 14.7 Å². The standard InChI is InChI=1S/C18H25NO3/c20-12-14-7-9-16(10-8-14)22-13-18(21)19-11-3-5-15-4-1-2-6-17(15)19/h7-10,15,17,20H,1-6,11-13H2. The van der Waals surface area contributed by atoms with E-state index in [0.717, 1.165) is 24.9 Å². The van der Waals surface area contributed by atoms with Crippen LogP contribution in [0.25, 0.3) is 0 Å². The summed E-state index contributed by atoms with van der Waals surface area (Å²) in [6.07, 6.45) is 7.39. The second-order valence-electron chi connectivity index (χ2n) is 6.43. The van der Waals surface area contributed by atoms with Crippen LogP contribution in [0.2, 0.25) is 0 Å². The number of amides is 1. The smallest absolute Gasteiger partial charge is 0.260 e. The van der Waals surface area contributed by atoms with Gasteiger partial charge in [-0.25, -0.2) is 0 Å². The Balaban J connectivity index is 1.56. The Labute approximate surface area is 132 Å². The zero-order valence-electron chi connectivity index (χ0n) is 13.0. The predicted octanol–water partition coefficient (Wildman–Crippen LogP) is 2.74. The number of hydrogen-bond donors (Lipinski definition) is 1. The van der Waals surface area contributed by atoms with Crippen molar-refractivity contribution in [3.8, 4) is 5.75 Å². The number of hydrogen-bond acceptors (Lipinski definition) is 3. The van der Waals surface area contributed by atoms with Gasteiger partial charge in [-0.1, -0.05) is 25.0 Å². The number of likely N-dealkylation sites (tertiary alicyclic amines) is 1. The molecule has 22 heavy (non-hydrogen) atoms. The van der Waals surface area contributed by atoms with Gasteiger partial charge in [0, 0.05) is 12.6 Å². The predicted molar refractivity (Wildman–Crippen MR) is 84.6 cm³/mol. The molecule has 0 spiro atoms. The van der Waals surface area contributed by atoms with Crippen molar-refractivity contribution in [3.05, 3.63) is 29.8 Å². The first-order valence-corrected chi connectivity index (χ1v) is 8.40. The van der Waals surface area contributed by atoms with E-state index in [0.29, 0.717) is 17.7 Å². The van der Waals surface area contributed by atoms with Gasteiger partial charge in [0.05, 0.1) is 6.61 Å². The fraction of sp³-hybridized carbons (Fsp3) is 0.611. The third-order valence-electron chi connectivity index (χ3n) is 5.03. The Hall–Kier alpha value is -1.55. The number of carbonyl (C=O) groups excluding carboxylic acids is 1. The molecule has 1 heterocycles. The summed E-state index contributed by atoms with van der Waals surface area (Å²) in [7, 11) is 0. The summed E-state index contributed by atoms with van der Waals surface area (Å²) in [5.41, 5.74) is 0.847. The van der Waals surface area contributed by atoms with Crippen molar-refractivity contribution in [2.45, 2.75) is 51.2 Å². The fourth-order valence-electron chi connectivity index (χ4n) is 3.85. The molecule has 0 bridgehead atoms. The van der Waals surface area contributed by atoms with Crippen LogP contribution in [0, 0.1) is 5.92 Å². The zero-order chi connectivity index (χ0) is 15.4. The molecule has 1 aromatic rings. The van der Waals surface area contributed by atoms with Crippen molar-refractivity contribution in [3.63, 3.8) is 0 Å². The molecule has 1 aliphatic carbocycles. The molecule has 0 radical (unpaired) electrons. The van der Waals surface area contributed by atoms with Crippen LogP contribution in [0.4, 0.5) is 0 Å². The lowest BCUT2D eigenvalue weighted by molar-refractivity contribution is -0.139. The maximum Gasteiger partial charge on any atom is 0.260 e. The quantitative estimate of drug-likeness (QED) is 0.930. The average molecular weight is 303 g/mol. The van der Waals surface area contributed by atoms with Crippen LogP contribution in [0.5, 0.6) is 5.75 Å². The third-order valence-corrected chi connectivity index (χ3v) is 5.03. The molecule has 2 unspecified atom stereocenters. The highest BCUT2D eigenvalue weighted by molar-refractivity contribution is 5.78. The molecule has 4 heteroatoms. The topological polar surface area (TPSA) is 49.8 Å². The lowest BCUT2D eigenvalue weighted by atomic mass is 9.78. The first-order chi connectivity index (χ1) is 10.8. The minimum absolute atomic E-state index is 0.0239. The van der Waals surface area contributed by atoms with E-state index in [-0.39, 0.29) is 19.1 Å². The van der Waals surface area contributed by atoms with Crippen LogP contribution in [0.15, 0.2) is 24.3 Å². The van der Waals surface area contributed by atoms with Gasteiger partial charge in [0.15, 0.2) is 6.61 Å². The van der Waals surface area contributed by atoms with E-state index in [1.807, 2.05) is 12.1 Å². The van der Waals surface area contributed by atoms with Gasteiger partial charge in [0.1, 0.15) is 5.75 Å². The van der Waals surface area contributed by atoms with Crippen LogP contribution in [0.1, 0.15) is 44.1 Å². The molecule has 0 aromatic heterocycles. The summed E-state index contributed by atoms with van der Waals surface area (Å²) in [5.74, 6) is 1.50. The van der Waals surface area contributed by atoms with E-state index in [4.69, 9.17) is 9.84 Å². The number of piperidine rings is 1. The maximum absolute atomic E-state index is 12.5. The molecular formula is C18H25NO3. The second kappa shape index (κ2) is 7.14. The molecule has 120 valence electrons. The first kappa shape index (κ1) is 15.3. The summed E-state index contributed by atoms with van der Waals surface area (Å²) in [6.45, 7) is 1.02. The normalized spacial score (nSPS) is 24.7. The van der Waals surface area contributed by atoms with Gasteiger partial charge >= 0.3 is 0 Å². The summed E-state index contributed by atoms with van der Waals surface area (Å²) < 4.78 is 5.63. The minimum Gasteiger partial charge on any atom is -0.484 e. The van der Waals surface area contributed by atoms with E-state index in [1.54, 1.807) is 12.1 Å². The number of ether oxygens (including phenoxy) is 1. The summed E-state index contributed by atoms with van der Waals surface area (Å²) in [4.78, 5) is 14.6. The summed E-state index contributed by atoms with van der Waals surface area (Å²) in [5, 5.41) is 9.03. The Kier molecular flexibility index (Phi) is 4.98. The number of benzene rings is 1. The molecule has 1 aliphatic heterocycles. The summed E-state index contributed by atoms with van der Waals surface area (Å²) in [6, 6.07) is 7.68. The van der Waals surface area contributed by atoms with Gasteiger partial charge in [-0.3, -0.25) is 4.79 Å². The van der Waals surface area contributed by atoms with Crippen LogP contribution in [0.3, 0.4) is 0 Å². The number of carbonyl (C=O) groups is 1. The Morgan fingerprint density at radius 1 is 1.14 bits per heavy atom. The van der Waals surface area contributed by atoms with Crippen molar-refractivity contribution in [2.24, 2.45) is 5.92 Å². The second-order valence-corrected chi connectivity index (χ2v) is 6.43. The Bertz CT molecular complexity index is 498. The highest BCUT2D eigenvalue weighted by atomic mass is 16.5. The van der Waals surface area contributed by atoms with Gasteiger partial charge in [0.25, 0.3) is 5.91 Å². The fourth-order valence-corrected chi connectivity index (χ4v) is 3.85. The van der Waals surface area contributed by atoms with Gasteiger partial charge in [-0.15, -0.1) is 0 Å². The number of fused-ring (bicyclic) bond motifs is 1. The molecule has 1 saturated heterocycles. The van der Waals surface area contributed by atoms with Gasteiger partial charge in [-0.2, -0.15) is 0 Å². The molecule has 1 saturated carbocycles. The van der Waals surface area contributed by atoms with Gasteiger partial charge in [-0.05, 0) is 49.3 Å². The molecular weight excluding hydrogens is 278 g/mol. The number of aliphatic hydroxyl groups excluding tert-OH is 1. The van der Waals surface area contributed by atoms with Crippen molar-refractivity contribution < 1.29 is 14.6 Å². The number of rotatable bonds is 4. The van der Waals surface area contributed by atoms with Crippen LogP contribution >= 0.6 is 0 Å². The van der Waals surface area contributed by atoms with E-state index >= 15 is 0 Å². The van der Waals surface area contributed by atoms with E-state index in [9.17, 15) is 4.79 Å².